The number of epoxide rings is 2. The van der Waals surface area contributed by atoms with E-state index in [-0.39, 0.29) is 25.4 Å². The molecule has 0 aliphatic carbocycles. The second kappa shape index (κ2) is 12.9. The molecule has 230 valence electrons. The first-order valence-electron chi connectivity index (χ1n) is 14.1. The van der Waals surface area contributed by atoms with Crippen molar-refractivity contribution in [3.8, 4) is 17.2 Å². The molecule has 3 aliphatic rings. The minimum Gasteiger partial charge on any atom is -0.431 e. The van der Waals surface area contributed by atoms with Crippen LogP contribution in [0.1, 0.15) is 30.0 Å². The van der Waals surface area contributed by atoms with Crippen LogP contribution in [0.3, 0.4) is 0 Å². The van der Waals surface area contributed by atoms with Crippen molar-refractivity contribution in [2.45, 2.75) is 37.3 Å². The van der Waals surface area contributed by atoms with Crippen molar-refractivity contribution < 1.29 is 57.0 Å². The zero-order valence-corrected chi connectivity index (χ0v) is 23.8. The van der Waals surface area contributed by atoms with Crippen LogP contribution in [0.15, 0.2) is 72.8 Å². The van der Waals surface area contributed by atoms with Gasteiger partial charge in [0.2, 0.25) is 6.29 Å². The normalized spacial score (nSPS) is 21.1. The van der Waals surface area contributed by atoms with Crippen LogP contribution < -0.4 is 14.2 Å². The number of hydrogen-bond donors (Lipinski definition) is 0. The fourth-order valence-corrected chi connectivity index (χ4v) is 4.51. The predicted octanol–water partition coefficient (Wildman–Crippen LogP) is 5.13. The molecule has 12 heteroatoms. The average molecular weight is 607 g/mol. The molecule has 3 aromatic rings. The Balaban J connectivity index is 1.20. The molecule has 3 aliphatic heterocycles. The Bertz CT molecular complexity index is 1380. The van der Waals surface area contributed by atoms with Gasteiger partial charge in [0.15, 0.2) is 0 Å². The minimum absolute atomic E-state index is 0.0652. The summed E-state index contributed by atoms with van der Waals surface area (Å²) in [7, 11) is 0. The van der Waals surface area contributed by atoms with E-state index in [1.807, 2.05) is 43.3 Å². The standard InChI is InChI=1S/C32H30O12/c1-32(20-2-8-23(9-3-20)41-29(33)39-18-26-16-37-26,21-4-10-24(11-5-21)42-30(34)40-19-27-17-38-27)22-6-12-25(13-7-22)43-31(35)44-28-14-15-36-28/h2-13,26-28H,14-19H2,1H3. The molecule has 0 saturated carbocycles. The zero-order chi connectivity index (χ0) is 30.5. The molecule has 0 radical (unpaired) electrons. The Morgan fingerprint density at radius 3 is 1.32 bits per heavy atom. The van der Waals surface area contributed by atoms with E-state index in [2.05, 4.69) is 0 Å². The third-order valence-corrected chi connectivity index (χ3v) is 7.36. The lowest BCUT2D eigenvalue weighted by Crippen LogP contribution is -2.32. The van der Waals surface area contributed by atoms with Gasteiger partial charge in [-0.15, -0.1) is 0 Å². The summed E-state index contributed by atoms with van der Waals surface area (Å²) in [6.07, 6.45) is -2.54. The summed E-state index contributed by atoms with van der Waals surface area (Å²) < 4.78 is 46.3. The first-order valence-corrected chi connectivity index (χ1v) is 14.1. The van der Waals surface area contributed by atoms with E-state index in [1.54, 1.807) is 36.4 Å². The number of carbonyl (C=O) groups is 3. The molecule has 0 amide bonds. The number of rotatable bonds is 11. The van der Waals surface area contributed by atoms with E-state index in [0.717, 1.165) is 16.7 Å². The largest absolute Gasteiger partial charge is 0.516 e. The number of benzene rings is 3. The van der Waals surface area contributed by atoms with Gasteiger partial charge in [0.05, 0.1) is 19.8 Å². The Labute approximate surface area is 252 Å². The van der Waals surface area contributed by atoms with E-state index in [4.69, 9.17) is 42.6 Å². The van der Waals surface area contributed by atoms with Gasteiger partial charge in [0.25, 0.3) is 0 Å². The first-order chi connectivity index (χ1) is 21.3. The van der Waals surface area contributed by atoms with Gasteiger partial charge in [-0.25, -0.2) is 14.4 Å². The topological polar surface area (TPSA) is 141 Å². The SMILES string of the molecule is CC(c1ccc(OC(=O)OCC2CO2)cc1)(c1ccc(OC(=O)OCC2CO2)cc1)c1ccc(OC(=O)OC2CCO2)cc1. The highest BCUT2D eigenvalue weighted by atomic mass is 16.8. The lowest BCUT2D eigenvalue weighted by Gasteiger charge is -2.32. The van der Waals surface area contributed by atoms with Crippen molar-refractivity contribution in [3.05, 3.63) is 89.5 Å². The highest BCUT2D eigenvalue weighted by Gasteiger charge is 2.32. The highest BCUT2D eigenvalue weighted by Crippen LogP contribution is 2.40. The van der Waals surface area contributed by atoms with E-state index in [0.29, 0.717) is 43.5 Å². The van der Waals surface area contributed by atoms with Crippen molar-refractivity contribution in [1.82, 2.24) is 0 Å². The van der Waals surface area contributed by atoms with Crippen LogP contribution >= 0.6 is 0 Å². The summed E-state index contributed by atoms with van der Waals surface area (Å²) in [5, 5.41) is 0. The molecule has 44 heavy (non-hydrogen) atoms. The fourth-order valence-electron chi connectivity index (χ4n) is 4.51. The number of hydrogen-bond acceptors (Lipinski definition) is 12. The maximum absolute atomic E-state index is 12.1. The van der Waals surface area contributed by atoms with Gasteiger partial charge in [-0.2, -0.15) is 0 Å². The smallest absolute Gasteiger partial charge is 0.431 e. The van der Waals surface area contributed by atoms with Crippen molar-refractivity contribution in [1.29, 1.82) is 0 Å². The monoisotopic (exact) mass is 606 g/mol. The van der Waals surface area contributed by atoms with E-state index >= 15 is 0 Å². The van der Waals surface area contributed by atoms with Gasteiger partial charge < -0.3 is 42.6 Å². The van der Waals surface area contributed by atoms with Crippen LogP contribution in [0, 0.1) is 0 Å². The number of ether oxygens (including phenoxy) is 9. The van der Waals surface area contributed by atoms with Crippen LogP contribution in [0.25, 0.3) is 0 Å². The minimum atomic E-state index is -0.845. The van der Waals surface area contributed by atoms with Gasteiger partial charge in [-0.3, -0.25) is 0 Å². The van der Waals surface area contributed by atoms with Crippen LogP contribution in [-0.2, 0) is 33.8 Å². The Morgan fingerprint density at radius 1 is 0.636 bits per heavy atom. The summed E-state index contributed by atoms with van der Waals surface area (Å²) >= 11 is 0. The Hall–Kier alpha value is -4.65. The summed E-state index contributed by atoms with van der Waals surface area (Å²) in [4.78, 5) is 36.2. The van der Waals surface area contributed by atoms with Crippen molar-refractivity contribution in [2.75, 3.05) is 33.0 Å². The molecule has 0 N–H and O–H groups in total. The Morgan fingerprint density at radius 2 is 1.00 bits per heavy atom. The second-order valence-electron chi connectivity index (χ2n) is 10.5. The van der Waals surface area contributed by atoms with E-state index in [9.17, 15) is 14.4 Å². The van der Waals surface area contributed by atoms with Crippen molar-refractivity contribution in [3.63, 3.8) is 0 Å². The molecule has 0 spiro atoms. The molecule has 3 fully saturated rings. The third kappa shape index (κ3) is 7.46. The summed E-state index contributed by atoms with van der Waals surface area (Å²) in [6, 6.07) is 21.1. The molecular formula is C32H30O12. The van der Waals surface area contributed by atoms with Crippen LogP contribution in [-0.4, -0.2) is 70.0 Å². The third-order valence-electron chi connectivity index (χ3n) is 7.36. The quantitative estimate of drug-likeness (QED) is 0.0939. The van der Waals surface area contributed by atoms with Crippen molar-refractivity contribution >= 4 is 18.5 Å². The van der Waals surface area contributed by atoms with Gasteiger partial charge >= 0.3 is 18.5 Å². The highest BCUT2D eigenvalue weighted by molar-refractivity contribution is 5.66. The molecule has 3 atom stereocenters. The molecule has 0 aromatic heterocycles. The van der Waals surface area contributed by atoms with Crippen LogP contribution in [0.2, 0.25) is 0 Å². The summed E-state index contributed by atoms with van der Waals surface area (Å²) in [5.41, 5.74) is 1.83. The fraction of sp³-hybridized carbons (Fsp3) is 0.344. The molecule has 3 heterocycles. The average Bonchev–Trinajstić information content (AvgIpc) is 3.94. The van der Waals surface area contributed by atoms with E-state index in [1.165, 1.54) is 0 Å². The molecule has 3 unspecified atom stereocenters. The Kier molecular flexibility index (Phi) is 8.64. The van der Waals surface area contributed by atoms with Gasteiger partial charge in [-0.05, 0) is 60.0 Å². The van der Waals surface area contributed by atoms with Gasteiger partial charge in [0.1, 0.15) is 42.7 Å². The van der Waals surface area contributed by atoms with Crippen molar-refractivity contribution in [2.24, 2.45) is 0 Å². The molecular weight excluding hydrogens is 576 g/mol. The summed E-state index contributed by atoms with van der Waals surface area (Å²) in [5.74, 6) is 0.932. The molecule has 3 aromatic carbocycles. The predicted molar refractivity (Wildman–Crippen MR) is 150 cm³/mol. The number of carbonyl (C=O) groups excluding carboxylic acids is 3. The molecule has 6 rings (SSSR count). The van der Waals surface area contributed by atoms with Gasteiger partial charge in [0, 0.05) is 11.8 Å². The lowest BCUT2D eigenvalue weighted by molar-refractivity contribution is -0.188. The molecule has 0 bridgehead atoms. The molecule has 3 saturated heterocycles. The van der Waals surface area contributed by atoms with Gasteiger partial charge in [-0.1, -0.05) is 36.4 Å². The first kappa shape index (κ1) is 29.4. The van der Waals surface area contributed by atoms with E-state index < -0.39 is 30.2 Å². The summed E-state index contributed by atoms with van der Waals surface area (Å²) in [6.45, 7) is 4.00. The van der Waals surface area contributed by atoms with Crippen LogP contribution in [0.4, 0.5) is 14.4 Å². The van der Waals surface area contributed by atoms with Crippen LogP contribution in [0.5, 0.6) is 17.2 Å². The maximum Gasteiger partial charge on any atom is 0.516 e. The molecule has 12 nitrogen and oxygen atoms in total. The lowest BCUT2D eigenvalue weighted by atomic mass is 9.71. The maximum atomic E-state index is 12.1. The zero-order valence-electron chi connectivity index (χ0n) is 23.8. The second-order valence-corrected chi connectivity index (χ2v) is 10.5.